The molecular formula is C29H56N14O15. The van der Waals surface area contributed by atoms with Crippen LogP contribution < -0.4 is 38.3 Å². The number of amidine groups is 1. The van der Waals surface area contributed by atoms with Gasteiger partial charge in [-0.1, -0.05) is 0 Å². The van der Waals surface area contributed by atoms with Gasteiger partial charge < -0.3 is 45.9 Å². The van der Waals surface area contributed by atoms with Crippen LogP contribution in [0.1, 0.15) is 0 Å². The molecule has 58 heavy (non-hydrogen) atoms. The quantitative estimate of drug-likeness (QED) is 0.185. The number of aromatic nitrogens is 3. The first-order valence-electron chi connectivity index (χ1n) is 15.8. The molecule has 332 valence electrons. The number of ether oxygens (including phenoxy) is 3. The maximum absolute atomic E-state index is 11.1. The molecule has 0 saturated carbocycles. The lowest BCUT2D eigenvalue weighted by Gasteiger charge is -2.32. The molecule has 1 aromatic heterocycles. The molecule has 29 nitrogen and oxygen atoms in total. The predicted molar refractivity (Wildman–Crippen MR) is 205 cm³/mol. The molecule has 6 N–H and O–H groups in total. The minimum absolute atomic E-state index is 0. The molecular weight excluding hydrogens is 784 g/mol. The standard InChI is InChI=1S/C6H9N3O3.C6H11N3O2.C5H11N3O2.C5H10N2O3.C4H6N2O2.C3H7NO2.H2O/c1-7-4(10)8(2)6(12)9(3)5(7)11;1-7-5-8(2)4-9(3)6(10)11-5;1-6-4(9)8(3)5(10)7-2;1-6-4(8)7(2)5(9)10-3;1-5-3(7)6(2)4(5)8;1-4-3(5)6-2;/h1-3H3;4H2,1-3H3;1-3H3,(H,6,9)(H,7,10);1-3H3,(H,6,8);1-2H3;1-2H3,(H,4,5);1H2. The summed E-state index contributed by atoms with van der Waals surface area (Å²) in [5.74, 6) is 0. The van der Waals surface area contributed by atoms with Gasteiger partial charge in [-0.2, -0.15) is 0 Å². The van der Waals surface area contributed by atoms with Crippen molar-refractivity contribution in [1.82, 2.24) is 64.4 Å². The summed E-state index contributed by atoms with van der Waals surface area (Å²) in [5, 5.41) is 9.13. The van der Waals surface area contributed by atoms with Gasteiger partial charge in [0.2, 0.25) is 0 Å². The SMILES string of the molecule is CN1C(=O)N(C)C1=O.CN=C1OC(=O)N(C)CN1C.CNC(=O)N(C)C(=O)NC.CNC(=O)N(C)C(=O)OC.CNC(=O)OC.Cn1c(=O)n(C)c(=O)n(C)c1=O.O. The van der Waals surface area contributed by atoms with Crippen molar-refractivity contribution < 1.29 is 58.0 Å². The van der Waals surface area contributed by atoms with Crippen LogP contribution in [-0.4, -0.2) is 201 Å². The fourth-order valence-corrected chi connectivity index (χ4v) is 3.29. The van der Waals surface area contributed by atoms with Crippen LogP contribution in [0.3, 0.4) is 0 Å². The molecule has 3 rings (SSSR count). The summed E-state index contributed by atoms with van der Waals surface area (Å²) in [4.78, 5) is 128. The van der Waals surface area contributed by atoms with Crippen molar-refractivity contribution in [2.24, 2.45) is 26.1 Å². The molecule has 0 aliphatic carbocycles. The third kappa shape index (κ3) is 18.0. The summed E-state index contributed by atoms with van der Waals surface area (Å²) in [5.41, 5.74) is -1.82. The number of hydrogen-bond acceptors (Lipinski definition) is 15. The third-order valence-corrected chi connectivity index (χ3v) is 6.70. The second-order valence-corrected chi connectivity index (χ2v) is 10.6. The van der Waals surface area contributed by atoms with Gasteiger partial charge in [0.05, 0.1) is 14.2 Å². The van der Waals surface area contributed by atoms with Crippen LogP contribution >= 0.6 is 0 Å². The van der Waals surface area contributed by atoms with E-state index in [1.807, 2.05) is 7.05 Å². The lowest BCUT2D eigenvalue weighted by Crippen LogP contribution is -2.59. The van der Waals surface area contributed by atoms with E-state index in [-0.39, 0.29) is 23.6 Å². The zero-order chi connectivity index (χ0) is 45.5. The average Bonchev–Trinajstić information content (AvgIpc) is 3.23. The summed E-state index contributed by atoms with van der Waals surface area (Å²) in [6, 6.07) is -1.47. The average molecular weight is 841 g/mol. The molecule has 13 amide bonds. The Hall–Kier alpha value is -7.20. The van der Waals surface area contributed by atoms with Crippen molar-refractivity contribution in [3.05, 3.63) is 31.5 Å². The molecule has 2 saturated heterocycles. The predicted octanol–water partition coefficient (Wildman–Crippen LogP) is -3.40. The maximum Gasteiger partial charge on any atom is 0.418 e. The molecule has 3 heterocycles. The monoisotopic (exact) mass is 840 g/mol. The highest BCUT2D eigenvalue weighted by Crippen LogP contribution is 2.08. The second-order valence-electron chi connectivity index (χ2n) is 10.6. The minimum Gasteiger partial charge on any atom is -0.453 e. The van der Waals surface area contributed by atoms with Gasteiger partial charge in [-0.25, -0.2) is 91.0 Å². The van der Waals surface area contributed by atoms with Crippen molar-refractivity contribution in [1.29, 1.82) is 0 Å². The molecule has 1 aromatic rings. The van der Waals surface area contributed by atoms with Crippen molar-refractivity contribution in [3.8, 4) is 0 Å². The first-order chi connectivity index (χ1) is 26.3. The maximum atomic E-state index is 11.1. The molecule has 2 aliphatic heterocycles. The van der Waals surface area contributed by atoms with Crippen LogP contribution in [-0.2, 0) is 35.4 Å². The Balaban J connectivity index is -0.000000304. The number of amides is 13. The molecule has 0 unspecified atom stereocenters. The number of nitrogens with one attached hydrogen (secondary N) is 4. The summed E-state index contributed by atoms with van der Waals surface area (Å²) >= 11 is 0. The fraction of sp³-hybridized carbons (Fsp3) is 0.586. The number of hydrogen-bond donors (Lipinski definition) is 4. The topological polar surface area (TPSA) is 342 Å². The van der Waals surface area contributed by atoms with E-state index in [1.54, 1.807) is 19.0 Å². The summed E-state index contributed by atoms with van der Waals surface area (Å²) in [7, 11) is 23.0. The highest BCUT2D eigenvalue weighted by molar-refractivity contribution is 6.11. The Morgan fingerprint density at radius 1 is 0.603 bits per heavy atom. The van der Waals surface area contributed by atoms with Gasteiger partial charge in [0.1, 0.15) is 6.67 Å². The van der Waals surface area contributed by atoms with Gasteiger partial charge in [-0.05, 0) is 0 Å². The Morgan fingerprint density at radius 2 is 0.948 bits per heavy atom. The largest absolute Gasteiger partial charge is 0.453 e. The smallest absolute Gasteiger partial charge is 0.418 e. The first-order valence-corrected chi connectivity index (χ1v) is 15.8. The number of rotatable bonds is 0. The van der Waals surface area contributed by atoms with E-state index in [4.69, 9.17) is 4.74 Å². The number of cyclic esters (lactones) is 1. The highest BCUT2D eigenvalue weighted by atomic mass is 16.6. The zero-order valence-corrected chi connectivity index (χ0v) is 35.4. The van der Waals surface area contributed by atoms with Gasteiger partial charge in [-0.3, -0.25) is 4.90 Å². The second kappa shape index (κ2) is 28.2. The Morgan fingerprint density at radius 3 is 1.19 bits per heavy atom. The molecule has 0 radical (unpaired) electrons. The van der Waals surface area contributed by atoms with Crippen LogP contribution in [0.5, 0.6) is 0 Å². The number of urea groups is 5. The minimum atomic E-state index is -0.681. The van der Waals surface area contributed by atoms with Gasteiger partial charge in [0.25, 0.3) is 6.02 Å². The van der Waals surface area contributed by atoms with Crippen LogP contribution in [0, 0.1) is 0 Å². The molecule has 0 aromatic carbocycles. The van der Waals surface area contributed by atoms with E-state index in [2.05, 4.69) is 35.7 Å². The van der Waals surface area contributed by atoms with Crippen molar-refractivity contribution in [3.63, 3.8) is 0 Å². The molecule has 2 fully saturated rings. The van der Waals surface area contributed by atoms with Gasteiger partial charge in [0.15, 0.2) is 0 Å². The Kier molecular flexibility index (Phi) is 28.0. The number of methoxy groups -OCH3 is 2. The van der Waals surface area contributed by atoms with E-state index in [0.717, 1.165) is 33.3 Å². The lowest BCUT2D eigenvalue weighted by atomic mass is 10.5. The van der Waals surface area contributed by atoms with Crippen molar-refractivity contribution in [2.45, 2.75) is 0 Å². The molecule has 0 spiro atoms. The number of carbonyl (C=O) groups is 8. The van der Waals surface area contributed by atoms with Crippen molar-refractivity contribution in [2.75, 3.05) is 98.4 Å². The van der Waals surface area contributed by atoms with E-state index >= 15 is 0 Å². The number of aliphatic imine (C=N–C) groups is 1. The van der Waals surface area contributed by atoms with Crippen LogP contribution in [0.4, 0.5) is 38.4 Å². The van der Waals surface area contributed by atoms with Crippen molar-refractivity contribution >= 4 is 54.5 Å². The first kappa shape index (κ1) is 57.5. The highest BCUT2D eigenvalue weighted by Gasteiger charge is 2.37. The summed E-state index contributed by atoms with van der Waals surface area (Å²) in [6.07, 6.45) is -1.45. The molecule has 0 bridgehead atoms. The van der Waals surface area contributed by atoms with Gasteiger partial charge >= 0.3 is 65.5 Å². The summed E-state index contributed by atoms with van der Waals surface area (Å²) in [6.45, 7) is 0.519. The number of alkyl carbamates (subject to hydrolysis) is 1. The Labute approximate surface area is 332 Å². The van der Waals surface area contributed by atoms with Crippen LogP contribution in [0.25, 0.3) is 0 Å². The van der Waals surface area contributed by atoms with E-state index < -0.39 is 47.3 Å². The van der Waals surface area contributed by atoms with E-state index in [9.17, 15) is 52.7 Å². The van der Waals surface area contributed by atoms with Crippen LogP contribution in [0.15, 0.2) is 19.4 Å². The number of nitrogens with zero attached hydrogens (tertiary/aromatic N) is 10. The Bertz CT molecular complexity index is 1590. The fourth-order valence-electron chi connectivity index (χ4n) is 3.29. The lowest BCUT2D eigenvalue weighted by molar-refractivity contribution is 0.107. The molecule has 2 aliphatic rings. The molecule has 29 heteroatoms. The van der Waals surface area contributed by atoms with Crippen LogP contribution in [0.2, 0.25) is 0 Å². The van der Waals surface area contributed by atoms with Gasteiger partial charge in [-0.15, -0.1) is 0 Å². The third-order valence-electron chi connectivity index (χ3n) is 6.70. The normalized spacial score (nSPS) is 12.6. The summed E-state index contributed by atoms with van der Waals surface area (Å²) < 4.78 is 15.9. The number of imide groups is 4. The zero-order valence-electron chi connectivity index (χ0n) is 35.4. The molecule has 0 atom stereocenters. The van der Waals surface area contributed by atoms with E-state index in [1.165, 1.54) is 96.6 Å². The number of carbonyl (C=O) groups excluding carboxylic acids is 8. The van der Waals surface area contributed by atoms with E-state index in [0.29, 0.717) is 12.7 Å². The van der Waals surface area contributed by atoms with Gasteiger partial charge in [0, 0.05) is 98.7 Å².